The molecule has 3 aromatic rings. The minimum absolute atomic E-state index is 0.0381. The molecule has 0 saturated carbocycles. The lowest BCUT2D eigenvalue weighted by atomic mass is 10.1. The summed E-state index contributed by atoms with van der Waals surface area (Å²) in [5.74, 6) is 0.579. The first-order valence-corrected chi connectivity index (χ1v) is 10.8. The molecule has 30 heavy (non-hydrogen) atoms. The molecule has 158 valence electrons. The van der Waals surface area contributed by atoms with E-state index in [1.807, 2.05) is 29.0 Å². The Morgan fingerprint density at radius 2 is 2.00 bits per heavy atom. The Balaban J connectivity index is 1.36. The van der Waals surface area contributed by atoms with E-state index in [0.717, 1.165) is 24.8 Å². The van der Waals surface area contributed by atoms with Gasteiger partial charge in [0.25, 0.3) is 0 Å². The van der Waals surface area contributed by atoms with Gasteiger partial charge < -0.3 is 18.8 Å². The van der Waals surface area contributed by atoms with Crippen molar-refractivity contribution in [2.24, 2.45) is 0 Å². The lowest BCUT2D eigenvalue weighted by Crippen LogP contribution is -2.35. The molecule has 0 aliphatic carbocycles. The highest BCUT2D eigenvalue weighted by molar-refractivity contribution is 6.35. The Morgan fingerprint density at radius 3 is 2.77 bits per heavy atom. The highest BCUT2D eigenvalue weighted by Crippen LogP contribution is 2.31. The first-order valence-electron chi connectivity index (χ1n) is 10.1. The number of imidazole rings is 1. The lowest BCUT2D eigenvalue weighted by Gasteiger charge is -2.31. The first-order chi connectivity index (χ1) is 14.7. The summed E-state index contributed by atoms with van der Waals surface area (Å²) in [4.78, 5) is 4.13. The van der Waals surface area contributed by atoms with E-state index in [9.17, 15) is 0 Å². The molecule has 7 heteroatoms. The molecule has 0 amide bonds. The fourth-order valence-corrected chi connectivity index (χ4v) is 3.97. The average Bonchev–Trinajstić information content (AvgIpc) is 3.27. The van der Waals surface area contributed by atoms with E-state index >= 15 is 0 Å². The van der Waals surface area contributed by atoms with E-state index in [4.69, 9.17) is 37.4 Å². The van der Waals surface area contributed by atoms with Gasteiger partial charge >= 0.3 is 0 Å². The van der Waals surface area contributed by atoms with E-state index < -0.39 is 0 Å². The summed E-state index contributed by atoms with van der Waals surface area (Å²) in [5.41, 5.74) is 1.13. The SMILES string of the molecule is Clc1ccc(OC2CCCC(COC(Cn3ccnc3)c3ccccc3)O2)c(Cl)c1. The lowest BCUT2D eigenvalue weighted by molar-refractivity contribution is -0.170. The molecule has 4 rings (SSSR count). The van der Waals surface area contributed by atoms with Crippen molar-refractivity contribution < 1.29 is 14.2 Å². The highest BCUT2D eigenvalue weighted by atomic mass is 35.5. The van der Waals surface area contributed by atoms with Gasteiger partial charge in [-0.25, -0.2) is 4.98 Å². The molecule has 3 unspecified atom stereocenters. The van der Waals surface area contributed by atoms with Gasteiger partial charge in [-0.05, 0) is 36.6 Å². The topological polar surface area (TPSA) is 45.5 Å². The fourth-order valence-electron chi connectivity index (χ4n) is 3.52. The predicted octanol–water partition coefficient (Wildman–Crippen LogP) is 5.92. The van der Waals surface area contributed by atoms with Gasteiger partial charge in [0.05, 0.1) is 30.6 Å². The zero-order valence-corrected chi connectivity index (χ0v) is 18.0. The molecule has 5 nitrogen and oxygen atoms in total. The van der Waals surface area contributed by atoms with Crippen LogP contribution >= 0.6 is 23.2 Å². The maximum Gasteiger partial charge on any atom is 0.200 e. The highest BCUT2D eigenvalue weighted by Gasteiger charge is 2.26. The normalized spacial score (nSPS) is 20.1. The van der Waals surface area contributed by atoms with Gasteiger partial charge in [-0.15, -0.1) is 0 Å². The molecule has 1 aliphatic rings. The summed E-state index contributed by atoms with van der Waals surface area (Å²) in [6.45, 7) is 1.18. The number of hydrogen-bond donors (Lipinski definition) is 0. The standard InChI is InChI=1S/C23H24Cl2N2O3/c24-18-9-10-21(20(25)13-18)30-23-8-4-7-19(29-23)15-28-22(14-27-12-11-26-16-27)17-5-2-1-3-6-17/h1-3,5-6,9-13,16,19,22-23H,4,7-8,14-15H2. The van der Waals surface area contributed by atoms with Crippen molar-refractivity contribution in [3.63, 3.8) is 0 Å². The van der Waals surface area contributed by atoms with Crippen LogP contribution in [0.25, 0.3) is 0 Å². The zero-order valence-electron chi connectivity index (χ0n) is 16.5. The minimum Gasteiger partial charge on any atom is -0.463 e. The van der Waals surface area contributed by atoms with Crippen molar-refractivity contribution >= 4 is 23.2 Å². The Bertz CT molecular complexity index is 921. The Morgan fingerprint density at radius 1 is 1.13 bits per heavy atom. The van der Waals surface area contributed by atoms with Gasteiger partial charge in [0.15, 0.2) is 6.29 Å². The first kappa shape index (κ1) is 21.2. The number of benzene rings is 2. The summed E-state index contributed by atoms with van der Waals surface area (Å²) in [7, 11) is 0. The number of nitrogens with zero attached hydrogens (tertiary/aromatic N) is 2. The molecule has 2 aromatic carbocycles. The van der Waals surface area contributed by atoms with Crippen LogP contribution in [0, 0.1) is 0 Å². The van der Waals surface area contributed by atoms with Crippen LogP contribution in [-0.4, -0.2) is 28.6 Å². The van der Waals surface area contributed by atoms with Crippen LogP contribution in [0.2, 0.25) is 10.0 Å². The third-order valence-electron chi connectivity index (χ3n) is 5.05. The second kappa shape index (κ2) is 10.3. The van der Waals surface area contributed by atoms with E-state index in [1.54, 1.807) is 30.7 Å². The van der Waals surface area contributed by atoms with Crippen LogP contribution in [-0.2, 0) is 16.0 Å². The van der Waals surface area contributed by atoms with Gasteiger partial charge in [-0.1, -0.05) is 53.5 Å². The average molecular weight is 447 g/mol. The number of halogens is 2. The van der Waals surface area contributed by atoms with E-state index in [2.05, 4.69) is 17.1 Å². The van der Waals surface area contributed by atoms with Crippen LogP contribution in [0.1, 0.15) is 30.9 Å². The summed E-state index contributed by atoms with van der Waals surface area (Å²) in [6.07, 6.45) is 7.78. The predicted molar refractivity (Wildman–Crippen MR) is 117 cm³/mol. The van der Waals surface area contributed by atoms with Crippen LogP contribution in [0.5, 0.6) is 5.75 Å². The van der Waals surface area contributed by atoms with Crippen molar-refractivity contribution in [3.05, 3.63) is 82.9 Å². The third kappa shape index (κ3) is 5.76. The molecule has 1 aliphatic heterocycles. The molecule has 3 atom stereocenters. The molecular formula is C23H24Cl2N2O3. The van der Waals surface area contributed by atoms with Crippen LogP contribution in [0.3, 0.4) is 0 Å². The monoisotopic (exact) mass is 446 g/mol. The van der Waals surface area contributed by atoms with Crippen molar-refractivity contribution in [3.8, 4) is 5.75 Å². The minimum atomic E-state index is -0.352. The summed E-state index contributed by atoms with van der Waals surface area (Å²) < 4.78 is 20.4. The molecule has 0 radical (unpaired) electrons. The molecular weight excluding hydrogens is 423 g/mol. The smallest absolute Gasteiger partial charge is 0.200 e. The fraction of sp³-hybridized carbons (Fsp3) is 0.348. The molecule has 1 saturated heterocycles. The number of ether oxygens (including phenoxy) is 3. The number of hydrogen-bond acceptors (Lipinski definition) is 4. The number of aromatic nitrogens is 2. The maximum absolute atomic E-state index is 6.31. The van der Waals surface area contributed by atoms with Crippen LogP contribution in [0.15, 0.2) is 67.3 Å². The molecule has 0 N–H and O–H groups in total. The largest absolute Gasteiger partial charge is 0.463 e. The third-order valence-corrected chi connectivity index (χ3v) is 5.58. The second-order valence-corrected chi connectivity index (χ2v) is 8.15. The van der Waals surface area contributed by atoms with Crippen molar-refractivity contribution in [2.45, 2.75) is 44.3 Å². The van der Waals surface area contributed by atoms with Gasteiger partial charge in [-0.3, -0.25) is 0 Å². The van der Waals surface area contributed by atoms with Gasteiger partial charge in [-0.2, -0.15) is 0 Å². The quantitative estimate of drug-likeness (QED) is 0.430. The Labute approximate surface area is 186 Å². The van der Waals surface area contributed by atoms with E-state index in [-0.39, 0.29) is 18.5 Å². The summed E-state index contributed by atoms with van der Waals surface area (Å²) in [5, 5.41) is 1.06. The molecule has 0 bridgehead atoms. The number of rotatable bonds is 8. The van der Waals surface area contributed by atoms with Gasteiger partial charge in [0.1, 0.15) is 11.9 Å². The van der Waals surface area contributed by atoms with Crippen molar-refractivity contribution in [2.75, 3.05) is 6.61 Å². The molecule has 0 spiro atoms. The van der Waals surface area contributed by atoms with Crippen LogP contribution in [0.4, 0.5) is 0 Å². The Kier molecular flexibility index (Phi) is 7.28. The Hall–Kier alpha value is -2.05. The maximum atomic E-state index is 6.31. The summed E-state index contributed by atoms with van der Waals surface area (Å²) in [6, 6.07) is 15.4. The zero-order chi connectivity index (χ0) is 20.8. The second-order valence-electron chi connectivity index (χ2n) is 7.30. The van der Waals surface area contributed by atoms with Crippen LogP contribution < -0.4 is 4.74 Å². The van der Waals surface area contributed by atoms with Crippen molar-refractivity contribution in [1.82, 2.24) is 9.55 Å². The van der Waals surface area contributed by atoms with E-state index in [1.165, 1.54) is 0 Å². The summed E-state index contributed by atoms with van der Waals surface area (Å²) >= 11 is 12.2. The molecule has 1 aromatic heterocycles. The van der Waals surface area contributed by atoms with Gasteiger partial charge in [0.2, 0.25) is 0 Å². The van der Waals surface area contributed by atoms with Crippen molar-refractivity contribution in [1.29, 1.82) is 0 Å². The van der Waals surface area contributed by atoms with Gasteiger partial charge in [0, 0.05) is 23.8 Å². The molecule has 1 fully saturated rings. The van der Waals surface area contributed by atoms with E-state index in [0.29, 0.717) is 28.9 Å². The molecule has 2 heterocycles.